The summed E-state index contributed by atoms with van der Waals surface area (Å²) in [7, 11) is -3.73. The summed E-state index contributed by atoms with van der Waals surface area (Å²) in [6.07, 6.45) is 3.06. The van der Waals surface area contributed by atoms with Crippen LogP contribution >= 0.6 is 11.6 Å². The highest BCUT2D eigenvalue weighted by Gasteiger charge is 2.27. The van der Waals surface area contributed by atoms with Crippen LogP contribution in [0, 0.1) is 0 Å². The van der Waals surface area contributed by atoms with E-state index in [2.05, 4.69) is 16.8 Å². The molecule has 2 aromatic carbocycles. The molecule has 1 fully saturated rings. The number of aromatic nitrogens is 1. The SMILES string of the molecule is CCCn1ccc2cc(NC(=O)c3cc(S(=O)(=O)N4CCOCC4)ccc3Cl)ccc21. The van der Waals surface area contributed by atoms with E-state index in [1.54, 1.807) is 0 Å². The largest absolute Gasteiger partial charge is 0.379 e. The van der Waals surface area contributed by atoms with Gasteiger partial charge in [-0.15, -0.1) is 0 Å². The van der Waals surface area contributed by atoms with Gasteiger partial charge in [0.1, 0.15) is 0 Å². The molecular formula is C22H24ClN3O4S. The van der Waals surface area contributed by atoms with Crippen LogP contribution in [0.5, 0.6) is 0 Å². The van der Waals surface area contributed by atoms with E-state index in [0.29, 0.717) is 18.9 Å². The number of carbonyl (C=O) groups is 1. The summed E-state index contributed by atoms with van der Waals surface area (Å²) in [5.41, 5.74) is 1.82. The molecule has 4 rings (SSSR count). The molecule has 164 valence electrons. The summed E-state index contributed by atoms with van der Waals surface area (Å²) >= 11 is 6.23. The third kappa shape index (κ3) is 4.48. The highest BCUT2D eigenvalue weighted by atomic mass is 35.5. The average Bonchev–Trinajstić information content (AvgIpc) is 3.17. The molecule has 1 aliphatic heterocycles. The minimum absolute atomic E-state index is 0.0380. The molecule has 0 atom stereocenters. The van der Waals surface area contributed by atoms with Gasteiger partial charge >= 0.3 is 0 Å². The molecule has 1 amide bonds. The fourth-order valence-electron chi connectivity index (χ4n) is 3.69. The summed E-state index contributed by atoms with van der Waals surface area (Å²) in [4.78, 5) is 12.9. The number of rotatable bonds is 6. The predicted octanol–water partition coefficient (Wildman–Crippen LogP) is 3.98. The van der Waals surface area contributed by atoms with E-state index < -0.39 is 15.9 Å². The molecule has 3 aromatic rings. The number of benzene rings is 2. The topological polar surface area (TPSA) is 80.6 Å². The number of aryl methyl sites for hydroxylation is 1. The van der Waals surface area contributed by atoms with Crippen LogP contribution in [0.2, 0.25) is 5.02 Å². The molecule has 0 bridgehead atoms. The van der Waals surface area contributed by atoms with Gasteiger partial charge in [-0.1, -0.05) is 18.5 Å². The normalized spacial score (nSPS) is 15.3. The van der Waals surface area contributed by atoms with Crippen LogP contribution in [-0.4, -0.2) is 49.5 Å². The first kappa shape index (κ1) is 21.8. The van der Waals surface area contributed by atoms with Gasteiger partial charge in [-0.25, -0.2) is 8.42 Å². The standard InChI is InChI=1S/C22H24ClN3O4S/c1-2-8-25-9-7-16-14-17(3-6-21(16)25)24-22(27)19-15-18(4-5-20(19)23)31(28,29)26-10-12-30-13-11-26/h3-7,9,14-15H,2,8,10-13H2,1H3,(H,24,27). The number of morpholine rings is 1. The highest BCUT2D eigenvalue weighted by molar-refractivity contribution is 7.89. The van der Waals surface area contributed by atoms with E-state index in [-0.39, 0.29) is 28.6 Å². The molecule has 0 saturated carbocycles. The van der Waals surface area contributed by atoms with Gasteiger partial charge in [0.25, 0.3) is 5.91 Å². The molecule has 7 nitrogen and oxygen atoms in total. The van der Waals surface area contributed by atoms with Crippen molar-refractivity contribution in [3.63, 3.8) is 0 Å². The van der Waals surface area contributed by atoms with E-state index in [1.165, 1.54) is 22.5 Å². The lowest BCUT2D eigenvalue weighted by molar-refractivity contribution is 0.0730. The van der Waals surface area contributed by atoms with Gasteiger partial charge in [-0.2, -0.15) is 4.31 Å². The number of ether oxygens (including phenoxy) is 1. The van der Waals surface area contributed by atoms with Crippen LogP contribution in [0.25, 0.3) is 10.9 Å². The smallest absolute Gasteiger partial charge is 0.257 e. The van der Waals surface area contributed by atoms with Crippen molar-refractivity contribution in [3.05, 3.63) is 59.2 Å². The average molecular weight is 462 g/mol. The lowest BCUT2D eigenvalue weighted by Gasteiger charge is -2.26. The van der Waals surface area contributed by atoms with Crippen LogP contribution in [0.15, 0.2) is 53.6 Å². The Labute approximate surface area is 186 Å². The first-order valence-electron chi connectivity index (χ1n) is 10.2. The summed E-state index contributed by atoms with van der Waals surface area (Å²) in [5.74, 6) is -0.462. The zero-order valence-electron chi connectivity index (χ0n) is 17.2. The number of nitrogens with zero attached hydrogens (tertiary/aromatic N) is 2. The van der Waals surface area contributed by atoms with E-state index in [9.17, 15) is 13.2 Å². The molecule has 0 aliphatic carbocycles. The maximum Gasteiger partial charge on any atom is 0.257 e. The number of nitrogens with one attached hydrogen (secondary N) is 1. The van der Waals surface area contributed by atoms with Crippen molar-refractivity contribution in [2.45, 2.75) is 24.8 Å². The predicted molar refractivity (Wildman–Crippen MR) is 121 cm³/mol. The Hall–Kier alpha value is -2.39. The van der Waals surface area contributed by atoms with Crippen LogP contribution in [0.1, 0.15) is 23.7 Å². The fraction of sp³-hybridized carbons (Fsp3) is 0.318. The third-order valence-corrected chi connectivity index (χ3v) is 7.51. The fourth-order valence-corrected chi connectivity index (χ4v) is 5.33. The number of amides is 1. The molecule has 1 saturated heterocycles. The van der Waals surface area contributed by atoms with E-state index in [1.807, 2.05) is 30.5 Å². The zero-order valence-corrected chi connectivity index (χ0v) is 18.7. The Balaban J connectivity index is 1.58. The molecule has 0 spiro atoms. The summed E-state index contributed by atoms with van der Waals surface area (Å²) in [5, 5.41) is 4.03. The van der Waals surface area contributed by atoms with Crippen molar-refractivity contribution in [2.75, 3.05) is 31.6 Å². The lowest BCUT2D eigenvalue weighted by atomic mass is 10.2. The van der Waals surface area contributed by atoms with Crippen molar-refractivity contribution in [2.24, 2.45) is 0 Å². The van der Waals surface area contributed by atoms with Gasteiger partial charge in [0.2, 0.25) is 10.0 Å². The number of anilines is 1. The third-order valence-electron chi connectivity index (χ3n) is 5.28. The van der Waals surface area contributed by atoms with Crippen molar-refractivity contribution < 1.29 is 17.9 Å². The zero-order chi connectivity index (χ0) is 22.0. The lowest BCUT2D eigenvalue weighted by Crippen LogP contribution is -2.40. The number of halogens is 1. The summed E-state index contributed by atoms with van der Waals surface area (Å²) in [6.45, 7) is 4.31. The Bertz CT molecular complexity index is 1220. The molecule has 1 aromatic heterocycles. The Morgan fingerprint density at radius 3 is 2.65 bits per heavy atom. The molecule has 0 unspecified atom stereocenters. The van der Waals surface area contributed by atoms with Crippen molar-refractivity contribution in [1.29, 1.82) is 0 Å². The number of hydrogen-bond donors (Lipinski definition) is 1. The van der Waals surface area contributed by atoms with Crippen LogP contribution < -0.4 is 5.32 Å². The van der Waals surface area contributed by atoms with Gasteiger partial charge in [0.05, 0.1) is 28.7 Å². The second-order valence-corrected chi connectivity index (χ2v) is 9.74. The molecule has 9 heteroatoms. The minimum atomic E-state index is -3.73. The van der Waals surface area contributed by atoms with Gasteiger partial charge in [-0.3, -0.25) is 4.79 Å². The maximum atomic E-state index is 12.9. The molecule has 1 N–H and O–H groups in total. The first-order chi connectivity index (χ1) is 14.9. The van der Waals surface area contributed by atoms with Gasteiger partial charge in [0, 0.05) is 42.4 Å². The first-order valence-corrected chi connectivity index (χ1v) is 12.0. The maximum absolute atomic E-state index is 12.9. The van der Waals surface area contributed by atoms with E-state index in [4.69, 9.17) is 16.3 Å². The monoisotopic (exact) mass is 461 g/mol. The van der Waals surface area contributed by atoms with Gasteiger partial charge in [0.15, 0.2) is 0 Å². The number of fused-ring (bicyclic) bond motifs is 1. The molecule has 2 heterocycles. The highest BCUT2D eigenvalue weighted by Crippen LogP contribution is 2.26. The molecule has 1 aliphatic rings. The van der Waals surface area contributed by atoms with Crippen molar-refractivity contribution in [1.82, 2.24) is 8.87 Å². The van der Waals surface area contributed by atoms with Gasteiger partial charge in [-0.05, 0) is 48.9 Å². The quantitative estimate of drug-likeness (QED) is 0.602. The molecule has 0 radical (unpaired) electrons. The van der Waals surface area contributed by atoms with Crippen LogP contribution in [0.4, 0.5) is 5.69 Å². The second kappa shape index (κ2) is 9.00. The summed E-state index contributed by atoms with van der Waals surface area (Å²) in [6, 6.07) is 11.9. The van der Waals surface area contributed by atoms with Crippen molar-refractivity contribution in [3.8, 4) is 0 Å². The molecular weight excluding hydrogens is 438 g/mol. The Kier molecular flexibility index (Phi) is 6.34. The Morgan fingerprint density at radius 2 is 1.90 bits per heavy atom. The number of hydrogen-bond acceptors (Lipinski definition) is 4. The minimum Gasteiger partial charge on any atom is -0.379 e. The van der Waals surface area contributed by atoms with Crippen LogP contribution in [0.3, 0.4) is 0 Å². The van der Waals surface area contributed by atoms with E-state index >= 15 is 0 Å². The van der Waals surface area contributed by atoms with Crippen molar-refractivity contribution >= 4 is 44.1 Å². The van der Waals surface area contributed by atoms with Gasteiger partial charge < -0.3 is 14.6 Å². The number of sulfonamides is 1. The van der Waals surface area contributed by atoms with Crippen LogP contribution in [-0.2, 0) is 21.3 Å². The summed E-state index contributed by atoms with van der Waals surface area (Å²) < 4.78 is 34.6. The second-order valence-electron chi connectivity index (χ2n) is 7.39. The number of carbonyl (C=O) groups excluding carboxylic acids is 1. The Morgan fingerprint density at radius 1 is 1.13 bits per heavy atom. The molecule has 31 heavy (non-hydrogen) atoms. The van der Waals surface area contributed by atoms with E-state index in [0.717, 1.165) is 23.9 Å².